The molecule has 3 rings (SSSR count). The minimum atomic E-state index is -0.197. The molecule has 1 aliphatic carbocycles. The third-order valence-corrected chi connectivity index (χ3v) is 5.62. The molecule has 1 aromatic carbocycles. The summed E-state index contributed by atoms with van der Waals surface area (Å²) in [4.78, 5) is 18.0. The van der Waals surface area contributed by atoms with E-state index in [9.17, 15) is 4.79 Å². The van der Waals surface area contributed by atoms with Crippen LogP contribution in [0.1, 0.15) is 29.0 Å². The molecule has 0 bridgehead atoms. The average Bonchev–Trinajstić information content (AvgIpc) is 3.01. The smallest absolute Gasteiger partial charge is 0.250 e. The highest BCUT2D eigenvalue weighted by atomic mass is 79.9. The van der Waals surface area contributed by atoms with Crippen LogP contribution in [0.3, 0.4) is 0 Å². The third-order valence-electron chi connectivity index (χ3n) is 3.96. The van der Waals surface area contributed by atoms with Crippen molar-refractivity contribution in [2.24, 2.45) is 0 Å². The molecule has 7 heteroatoms. The largest absolute Gasteiger partial charge is 0.493 e. The van der Waals surface area contributed by atoms with Crippen molar-refractivity contribution in [2.45, 2.75) is 25.7 Å². The molecule has 0 saturated carbocycles. The van der Waals surface area contributed by atoms with Crippen molar-refractivity contribution >= 4 is 44.4 Å². The summed E-state index contributed by atoms with van der Waals surface area (Å²) in [6.45, 7) is 0. The zero-order valence-electron chi connectivity index (χ0n) is 14.1. The number of benzene rings is 1. The topological polar surface area (TPSA) is 60.5 Å². The monoisotopic (exact) mass is 422 g/mol. The Kier molecular flexibility index (Phi) is 5.75. The predicted octanol–water partition coefficient (Wildman–Crippen LogP) is 4.45. The van der Waals surface area contributed by atoms with Gasteiger partial charge >= 0.3 is 0 Å². The van der Waals surface area contributed by atoms with E-state index in [0.717, 1.165) is 28.6 Å². The molecule has 0 saturated heterocycles. The highest BCUT2D eigenvalue weighted by Gasteiger charge is 2.15. The number of anilines is 1. The Morgan fingerprint density at radius 1 is 1.28 bits per heavy atom. The van der Waals surface area contributed by atoms with Crippen LogP contribution in [0.5, 0.6) is 11.5 Å². The Balaban J connectivity index is 1.70. The fourth-order valence-electron chi connectivity index (χ4n) is 2.76. The van der Waals surface area contributed by atoms with Crippen molar-refractivity contribution in [3.05, 3.63) is 38.8 Å². The van der Waals surface area contributed by atoms with Gasteiger partial charge in [-0.1, -0.05) is 0 Å². The summed E-state index contributed by atoms with van der Waals surface area (Å²) >= 11 is 5.02. The van der Waals surface area contributed by atoms with Crippen LogP contribution in [0.2, 0.25) is 0 Å². The number of hydrogen-bond acceptors (Lipinski definition) is 5. The number of amides is 1. The van der Waals surface area contributed by atoms with E-state index in [2.05, 4.69) is 26.2 Å². The number of halogens is 1. The van der Waals surface area contributed by atoms with Gasteiger partial charge in [0.2, 0.25) is 5.91 Å². The van der Waals surface area contributed by atoms with Crippen LogP contribution < -0.4 is 14.8 Å². The third kappa shape index (κ3) is 4.22. The van der Waals surface area contributed by atoms with Gasteiger partial charge in [0.1, 0.15) is 0 Å². The molecule has 0 aliphatic heterocycles. The quantitative estimate of drug-likeness (QED) is 0.722. The second-order valence-corrected chi connectivity index (χ2v) is 7.59. The molecule has 1 aromatic heterocycles. The van der Waals surface area contributed by atoms with Gasteiger partial charge in [0.15, 0.2) is 16.6 Å². The van der Waals surface area contributed by atoms with E-state index in [4.69, 9.17) is 9.47 Å². The number of aryl methyl sites for hydroxylation is 2. The molecule has 1 amide bonds. The lowest BCUT2D eigenvalue weighted by molar-refractivity contribution is -0.111. The number of ether oxygens (including phenoxy) is 2. The van der Waals surface area contributed by atoms with Crippen molar-refractivity contribution in [1.82, 2.24) is 4.98 Å². The first kappa shape index (κ1) is 17.9. The highest BCUT2D eigenvalue weighted by molar-refractivity contribution is 9.10. The number of methoxy groups -OCH3 is 2. The van der Waals surface area contributed by atoms with Gasteiger partial charge in [-0.25, -0.2) is 4.98 Å². The second-order valence-electron chi connectivity index (χ2n) is 5.66. The lowest BCUT2D eigenvalue weighted by Gasteiger charge is -2.10. The lowest BCUT2D eigenvalue weighted by atomic mass is 10.0. The molecule has 0 fully saturated rings. The normalized spacial score (nSPS) is 13.6. The summed E-state index contributed by atoms with van der Waals surface area (Å²) in [5.74, 6) is 1.03. The second kappa shape index (κ2) is 8.01. The summed E-state index contributed by atoms with van der Waals surface area (Å²) in [5.41, 5.74) is 1.97. The molecule has 2 aromatic rings. The molecule has 25 heavy (non-hydrogen) atoms. The number of thiazole rings is 1. The van der Waals surface area contributed by atoms with E-state index >= 15 is 0 Å². The van der Waals surface area contributed by atoms with Crippen LogP contribution in [-0.4, -0.2) is 25.1 Å². The summed E-state index contributed by atoms with van der Waals surface area (Å²) in [7, 11) is 3.16. The number of carbonyl (C=O) groups excluding carboxylic acids is 1. The van der Waals surface area contributed by atoms with Crippen LogP contribution in [0.4, 0.5) is 5.13 Å². The lowest BCUT2D eigenvalue weighted by Crippen LogP contribution is -2.07. The van der Waals surface area contributed by atoms with Crippen molar-refractivity contribution in [1.29, 1.82) is 0 Å². The van der Waals surface area contributed by atoms with Crippen molar-refractivity contribution in [3.63, 3.8) is 0 Å². The highest BCUT2D eigenvalue weighted by Crippen LogP contribution is 2.36. The van der Waals surface area contributed by atoms with E-state index in [-0.39, 0.29) is 5.91 Å². The van der Waals surface area contributed by atoms with Crippen LogP contribution in [0.15, 0.2) is 22.7 Å². The van der Waals surface area contributed by atoms with E-state index in [1.165, 1.54) is 23.8 Å². The number of nitrogens with one attached hydrogen (secondary N) is 1. The molecule has 0 spiro atoms. The number of carbonyl (C=O) groups is 1. The molecule has 0 radical (unpaired) electrons. The molecule has 0 unspecified atom stereocenters. The summed E-state index contributed by atoms with van der Waals surface area (Å²) in [6.07, 6.45) is 7.69. The SMILES string of the molecule is COc1cc(/C=C/C(=O)Nc2nc3c(s2)CCCC3)cc(Br)c1OC. The molecule has 1 aliphatic rings. The summed E-state index contributed by atoms with van der Waals surface area (Å²) in [5, 5.41) is 3.53. The van der Waals surface area contributed by atoms with Gasteiger partial charge in [-0.3, -0.25) is 10.1 Å². The molecule has 1 N–H and O–H groups in total. The van der Waals surface area contributed by atoms with Crippen LogP contribution in [0, 0.1) is 0 Å². The number of aromatic nitrogens is 1. The minimum absolute atomic E-state index is 0.197. The van der Waals surface area contributed by atoms with Gasteiger partial charge in [-0.15, -0.1) is 11.3 Å². The number of rotatable bonds is 5. The number of hydrogen-bond donors (Lipinski definition) is 1. The van der Waals surface area contributed by atoms with E-state index in [1.807, 2.05) is 12.1 Å². The van der Waals surface area contributed by atoms with Crippen molar-refractivity contribution in [3.8, 4) is 11.5 Å². The first-order chi connectivity index (χ1) is 12.1. The van der Waals surface area contributed by atoms with Gasteiger partial charge in [0.25, 0.3) is 0 Å². The molecule has 132 valence electrons. The molecule has 0 atom stereocenters. The van der Waals surface area contributed by atoms with Gasteiger partial charge in [-0.05, 0) is 65.4 Å². The average molecular weight is 423 g/mol. The summed E-state index contributed by atoms with van der Waals surface area (Å²) in [6, 6.07) is 3.68. The zero-order chi connectivity index (χ0) is 17.8. The van der Waals surface area contributed by atoms with Crippen molar-refractivity contribution < 1.29 is 14.3 Å². The number of nitrogens with zero attached hydrogens (tertiary/aromatic N) is 1. The standard InChI is InChI=1S/C18H19BrN2O3S/c1-23-14-10-11(9-12(19)17(14)24-2)7-8-16(22)21-18-20-13-5-3-4-6-15(13)25-18/h7-10H,3-6H2,1-2H3,(H,20,21,22)/b8-7+. The fraction of sp³-hybridized carbons (Fsp3) is 0.333. The first-order valence-corrected chi connectivity index (χ1v) is 9.61. The van der Waals surface area contributed by atoms with E-state index in [1.54, 1.807) is 31.6 Å². The van der Waals surface area contributed by atoms with Crippen LogP contribution in [-0.2, 0) is 17.6 Å². The maximum atomic E-state index is 12.2. The van der Waals surface area contributed by atoms with Gasteiger partial charge in [0, 0.05) is 11.0 Å². The van der Waals surface area contributed by atoms with Crippen LogP contribution in [0.25, 0.3) is 6.08 Å². The summed E-state index contributed by atoms with van der Waals surface area (Å²) < 4.78 is 11.4. The first-order valence-electron chi connectivity index (χ1n) is 8.00. The predicted molar refractivity (Wildman–Crippen MR) is 104 cm³/mol. The Bertz CT molecular complexity index is 793. The molecule has 5 nitrogen and oxygen atoms in total. The Morgan fingerprint density at radius 3 is 2.80 bits per heavy atom. The van der Waals surface area contributed by atoms with E-state index in [0.29, 0.717) is 16.6 Å². The fourth-order valence-corrected chi connectivity index (χ4v) is 4.43. The van der Waals surface area contributed by atoms with Crippen molar-refractivity contribution in [2.75, 3.05) is 19.5 Å². The molecular formula is C18H19BrN2O3S. The molecular weight excluding hydrogens is 404 g/mol. The van der Waals surface area contributed by atoms with Gasteiger partial charge < -0.3 is 9.47 Å². The minimum Gasteiger partial charge on any atom is -0.493 e. The van der Waals surface area contributed by atoms with Crippen LogP contribution >= 0.6 is 27.3 Å². The Morgan fingerprint density at radius 2 is 2.08 bits per heavy atom. The Hall–Kier alpha value is -1.86. The van der Waals surface area contributed by atoms with Gasteiger partial charge in [-0.2, -0.15) is 0 Å². The van der Waals surface area contributed by atoms with E-state index < -0.39 is 0 Å². The zero-order valence-corrected chi connectivity index (χ0v) is 16.5. The maximum absolute atomic E-state index is 12.2. The molecule has 1 heterocycles. The van der Waals surface area contributed by atoms with Gasteiger partial charge in [0.05, 0.1) is 24.4 Å². The Labute approximate surface area is 159 Å². The maximum Gasteiger partial charge on any atom is 0.250 e. The number of fused-ring (bicyclic) bond motifs is 1.